The number of rotatable bonds is 14. The van der Waals surface area contributed by atoms with Crippen LogP contribution < -0.4 is 18.9 Å². The van der Waals surface area contributed by atoms with E-state index in [1.165, 1.54) is 0 Å². The second-order valence-electron chi connectivity index (χ2n) is 17.1. The average molecular weight is 867 g/mol. The zero-order valence-electron chi connectivity index (χ0n) is 36.6. The van der Waals surface area contributed by atoms with Crippen molar-refractivity contribution in [3.63, 3.8) is 0 Å². The number of aliphatic hydroxyl groups excluding tert-OH is 2. The molecule has 2 aliphatic heterocycles. The van der Waals surface area contributed by atoms with Crippen molar-refractivity contribution >= 4 is 49.7 Å². The minimum atomic E-state index is -0.569. The zero-order chi connectivity index (χ0) is 44.1. The first-order chi connectivity index (χ1) is 31.2. The Kier molecular flexibility index (Phi) is 11.2. The molecule has 332 valence electrons. The van der Waals surface area contributed by atoms with Crippen molar-refractivity contribution in [2.75, 3.05) is 54.6 Å². The molecule has 8 aromatic rings. The lowest BCUT2D eigenvalue weighted by Gasteiger charge is -2.41. The van der Waals surface area contributed by atoms with Gasteiger partial charge in [0.1, 0.15) is 11.3 Å². The molecule has 8 heterocycles. The third-order valence-electron chi connectivity index (χ3n) is 13.4. The van der Waals surface area contributed by atoms with Gasteiger partial charge in [-0.2, -0.15) is 0 Å². The predicted octanol–water partition coefficient (Wildman–Crippen LogP) is 6.64. The van der Waals surface area contributed by atoms with E-state index >= 15 is 4.79 Å². The van der Waals surface area contributed by atoms with Gasteiger partial charge in [0.15, 0.2) is 28.8 Å². The number of piperidine rings is 2. The highest BCUT2D eigenvalue weighted by Crippen LogP contribution is 2.41. The molecule has 0 saturated carbocycles. The molecule has 6 aromatic heterocycles. The van der Waals surface area contributed by atoms with Gasteiger partial charge in [-0.05, 0) is 74.2 Å². The van der Waals surface area contributed by atoms with E-state index in [1.807, 2.05) is 48.5 Å². The fourth-order valence-electron chi connectivity index (χ4n) is 9.93. The molecular formula is C49H54N8O7. The van der Waals surface area contributed by atoms with E-state index < -0.39 is 24.3 Å². The summed E-state index contributed by atoms with van der Waals surface area (Å²) in [5.41, 5.74) is 7.02. The number of methoxy groups -OCH3 is 4. The van der Waals surface area contributed by atoms with Crippen LogP contribution in [0.15, 0.2) is 85.5 Å². The summed E-state index contributed by atoms with van der Waals surface area (Å²) in [5, 5.41) is 25.3. The van der Waals surface area contributed by atoms with Crippen molar-refractivity contribution in [1.29, 1.82) is 0 Å². The van der Waals surface area contributed by atoms with E-state index in [2.05, 4.69) is 63.4 Å². The SMILES string of the molecule is COc1cc2c(-c3cc4cccnc4[nH]3)cn(CC(C(=O)C(Cn3cc(-c4cc5cccnc5[nH]4)c4cc(OC)c(OC)cc43)N3CCC(O)CC3)N3CCC(O)CC3)c2cc1OC. The van der Waals surface area contributed by atoms with Gasteiger partial charge in [-0.25, -0.2) is 9.97 Å². The molecule has 15 heteroatoms. The maximum absolute atomic E-state index is 16.0. The van der Waals surface area contributed by atoms with E-state index in [4.69, 9.17) is 18.9 Å². The van der Waals surface area contributed by atoms with Crippen molar-refractivity contribution in [3.8, 4) is 45.5 Å². The van der Waals surface area contributed by atoms with Gasteiger partial charge in [-0.15, -0.1) is 0 Å². The molecule has 0 aliphatic carbocycles. The summed E-state index contributed by atoms with van der Waals surface area (Å²) in [5.74, 6) is 2.45. The minimum Gasteiger partial charge on any atom is -0.493 e. The summed E-state index contributed by atoms with van der Waals surface area (Å²) < 4.78 is 27.6. The summed E-state index contributed by atoms with van der Waals surface area (Å²) >= 11 is 0. The second kappa shape index (κ2) is 17.3. The molecule has 0 spiro atoms. The van der Waals surface area contributed by atoms with Gasteiger partial charge in [0, 0.05) is 120 Å². The number of ketones is 1. The van der Waals surface area contributed by atoms with Crippen LogP contribution in [0.25, 0.3) is 66.4 Å². The Balaban J connectivity index is 1.10. The number of hydrogen-bond acceptors (Lipinski definition) is 11. The van der Waals surface area contributed by atoms with Crippen molar-refractivity contribution in [2.45, 2.75) is 63.1 Å². The zero-order valence-corrected chi connectivity index (χ0v) is 36.6. The molecule has 2 aromatic carbocycles. The van der Waals surface area contributed by atoms with Gasteiger partial charge >= 0.3 is 0 Å². The fourth-order valence-corrected chi connectivity index (χ4v) is 9.93. The molecule has 2 unspecified atom stereocenters. The number of Topliss-reactive ketones (excluding diaryl/α,β-unsaturated/α-hetero) is 1. The average Bonchev–Trinajstić information content (AvgIpc) is 4.12. The molecule has 2 atom stereocenters. The van der Waals surface area contributed by atoms with E-state index in [1.54, 1.807) is 40.8 Å². The maximum Gasteiger partial charge on any atom is 0.170 e. The minimum absolute atomic E-state index is 0.0742. The summed E-state index contributed by atoms with van der Waals surface area (Å²) in [6.45, 7) is 2.97. The van der Waals surface area contributed by atoms with Crippen LogP contribution in [0.2, 0.25) is 0 Å². The topological polar surface area (TPSA) is 168 Å². The first-order valence-corrected chi connectivity index (χ1v) is 22.0. The number of aromatic amines is 2. The Morgan fingerprint density at radius 2 is 1.02 bits per heavy atom. The number of ether oxygens (including phenoxy) is 4. The second-order valence-corrected chi connectivity index (χ2v) is 17.1. The van der Waals surface area contributed by atoms with Crippen LogP contribution in [-0.4, -0.2) is 134 Å². The van der Waals surface area contributed by atoms with E-state index in [0.29, 0.717) is 87.9 Å². The molecule has 4 N–H and O–H groups in total. The molecule has 2 saturated heterocycles. The lowest BCUT2D eigenvalue weighted by atomic mass is 9.96. The van der Waals surface area contributed by atoms with Crippen LogP contribution >= 0.6 is 0 Å². The van der Waals surface area contributed by atoms with Crippen LogP contribution in [0.1, 0.15) is 25.7 Å². The molecule has 0 bridgehead atoms. The van der Waals surface area contributed by atoms with E-state index in [-0.39, 0.29) is 5.78 Å². The number of carbonyl (C=O) groups excluding carboxylic acids is 1. The number of nitrogens with one attached hydrogen (secondary N) is 2. The van der Waals surface area contributed by atoms with Crippen LogP contribution in [-0.2, 0) is 17.9 Å². The number of hydrogen-bond donors (Lipinski definition) is 4. The lowest BCUT2D eigenvalue weighted by Crippen LogP contribution is -2.57. The normalized spacial score (nSPS) is 16.8. The van der Waals surface area contributed by atoms with Gasteiger partial charge in [-0.3, -0.25) is 14.6 Å². The monoisotopic (exact) mass is 866 g/mol. The van der Waals surface area contributed by atoms with Crippen LogP contribution in [0.3, 0.4) is 0 Å². The van der Waals surface area contributed by atoms with Gasteiger partial charge < -0.3 is 48.3 Å². The smallest absolute Gasteiger partial charge is 0.170 e. The Hall–Kier alpha value is -6.39. The van der Waals surface area contributed by atoms with Crippen molar-refractivity contribution in [2.24, 2.45) is 0 Å². The first kappa shape index (κ1) is 41.6. The van der Waals surface area contributed by atoms with E-state index in [9.17, 15) is 10.2 Å². The number of nitrogens with zero attached hydrogens (tertiary/aromatic N) is 6. The molecule has 0 amide bonds. The number of carbonyl (C=O) groups is 1. The Bertz CT molecular complexity index is 2710. The number of aliphatic hydroxyl groups is 2. The van der Waals surface area contributed by atoms with Crippen LogP contribution in [0, 0.1) is 0 Å². The van der Waals surface area contributed by atoms with E-state index in [0.717, 1.165) is 66.4 Å². The molecule has 2 aliphatic rings. The van der Waals surface area contributed by atoms with Crippen LogP contribution in [0.5, 0.6) is 23.0 Å². The van der Waals surface area contributed by atoms with Gasteiger partial charge in [0.2, 0.25) is 0 Å². The van der Waals surface area contributed by atoms with Gasteiger partial charge in [0.25, 0.3) is 0 Å². The highest BCUT2D eigenvalue weighted by atomic mass is 16.5. The van der Waals surface area contributed by atoms with Crippen molar-refractivity contribution in [3.05, 3.63) is 85.5 Å². The molecule has 0 radical (unpaired) electrons. The molecule has 10 rings (SSSR count). The largest absolute Gasteiger partial charge is 0.493 e. The molecule has 64 heavy (non-hydrogen) atoms. The Morgan fingerprint density at radius 3 is 1.39 bits per heavy atom. The quantitative estimate of drug-likeness (QED) is 0.0926. The van der Waals surface area contributed by atoms with Crippen LogP contribution in [0.4, 0.5) is 0 Å². The third-order valence-corrected chi connectivity index (χ3v) is 13.4. The number of aromatic nitrogens is 6. The number of fused-ring (bicyclic) bond motifs is 4. The third kappa shape index (κ3) is 7.61. The Labute approximate surface area is 370 Å². The summed E-state index contributed by atoms with van der Waals surface area (Å²) in [6.07, 6.45) is 9.21. The number of H-pyrrole nitrogens is 2. The first-order valence-electron chi connectivity index (χ1n) is 22.0. The number of benzene rings is 2. The highest BCUT2D eigenvalue weighted by Gasteiger charge is 2.39. The molecular weight excluding hydrogens is 813 g/mol. The number of pyridine rings is 2. The summed E-state index contributed by atoms with van der Waals surface area (Å²) in [6, 6.07) is 18.9. The summed E-state index contributed by atoms with van der Waals surface area (Å²) in [4.78, 5) is 36.6. The lowest BCUT2D eigenvalue weighted by molar-refractivity contribution is -0.132. The van der Waals surface area contributed by atoms with Crippen molar-refractivity contribution in [1.82, 2.24) is 38.9 Å². The standard InChI is InChI=1S/C49H54N8O7/c1-61-43-21-33-35(37-19-29-7-5-13-50-48(29)52-37)25-56(39(33)23-45(43)63-3)27-41(54-15-9-31(58)10-16-54)47(60)42(55-17-11-32(59)12-18-55)28-57-26-36(38-20-30-8-6-14-51-49(30)53-38)34-22-44(62-2)46(64-4)24-40(34)57/h5-8,13-14,19-26,31-32,41-42,58-59H,9-12,15-18,27-28H2,1-4H3,(H,50,52)(H,51,53). The Morgan fingerprint density at radius 1 is 0.625 bits per heavy atom. The predicted molar refractivity (Wildman–Crippen MR) is 246 cm³/mol. The molecule has 15 nitrogen and oxygen atoms in total. The highest BCUT2D eigenvalue weighted by molar-refractivity contribution is 6.01. The number of likely N-dealkylation sites (tertiary alicyclic amines) is 2. The van der Waals surface area contributed by atoms with Gasteiger partial charge in [0.05, 0.1) is 63.8 Å². The fraction of sp³-hybridized carbons (Fsp3) is 0.367. The summed E-state index contributed by atoms with van der Waals surface area (Å²) in [7, 11) is 6.52. The van der Waals surface area contributed by atoms with Crippen molar-refractivity contribution < 1.29 is 34.0 Å². The van der Waals surface area contributed by atoms with Gasteiger partial charge in [-0.1, -0.05) is 0 Å². The molecule has 2 fully saturated rings. The maximum atomic E-state index is 16.0.